The molecule has 4 heteroatoms. The summed E-state index contributed by atoms with van der Waals surface area (Å²) in [7, 11) is 1.82. The van der Waals surface area contributed by atoms with Gasteiger partial charge in [-0.3, -0.25) is 14.5 Å². The number of Topliss-reactive ketones (excluding diaryl/α,β-unsaturated/α-hetero) is 1. The molecule has 0 bridgehead atoms. The fourth-order valence-corrected chi connectivity index (χ4v) is 2.88. The van der Waals surface area contributed by atoms with Gasteiger partial charge in [0.05, 0.1) is 13.1 Å². The highest BCUT2D eigenvalue weighted by molar-refractivity contribution is 5.98. The number of benzene rings is 1. The van der Waals surface area contributed by atoms with E-state index in [1.165, 1.54) is 17.5 Å². The summed E-state index contributed by atoms with van der Waals surface area (Å²) in [6.07, 6.45) is 5.57. The van der Waals surface area contributed by atoms with E-state index in [0.29, 0.717) is 6.04 Å². The van der Waals surface area contributed by atoms with E-state index in [9.17, 15) is 9.59 Å². The zero-order valence-corrected chi connectivity index (χ0v) is 12.5. The fraction of sp³-hybridized carbons (Fsp3) is 0.529. The predicted octanol–water partition coefficient (Wildman–Crippen LogP) is 1.57. The lowest BCUT2D eigenvalue weighted by molar-refractivity contribution is -0.121. The average Bonchev–Trinajstić information content (AvgIpc) is 3.12. The number of hydrogen-bond acceptors (Lipinski definition) is 3. The predicted molar refractivity (Wildman–Crippen MR) is 81.5 cm³/mol. The van der Waals surface area contributed by atoms with Crippen LogP contribution < -0.4 is 5.32 Å². The van der Waals surface area contributed by atoms with Crippen LogP contribution in [0.1, 0.15) is 40.7 Å². The third kappa shape index (κ3) is 3.70. The van der Waals surface area contributed by atoms with Gasteiger partial charge in [0.2, 0.25) is 5.91 Å². The van der Waals surface area contributed by atoms with Crippen LogP contribution in [-0.2, 0) is 17.6 Å². The number of nitrogens with one attached hydrogen (secondary N) is 1. The van der Waals surface area contributed by atoms with Crippen molar-refractivity contribution in [1.82, 2.24) is 10.2 Å². The molecule has 1 aromatic carbocycles. The maximum absolute atomic E-state index is 12.3. The monoisotopic (exact) mass is 286 g/mol. The number of rotatable bonds is 6. The lowest BCUT2D eigenvalue weighted by Crippen LogP contribution is -2.38. The van der Waals surface area contributed by atoms with Crippen LogP contribution in [0.15, 0.2) is 18.2 Å². The van der Waals surface area contributed by atoms with Crippen molar-refractivity contribution in [3.8, 4) is 0 Å². The molecule has 1 aromatic rings. The van der Waals surface area contributed by atoms with Crippen molar-refractivity contribution < 1.29 is 9.59 Å². The summed E-state index contributed by atoms with van der Waals surface area (Å²) in [6.45, 7) is 0.573. The maximum Gasteiger partial charge on any atom is 0.234 e. The van der Waals surface area contributed by atoms with Gasteiger partial charge in [-0.15, -0.1) is 0 Å². The molecule has 2 aliphatic carbocycles. The Bertz CT molecular complexity index is 564. The van der Waals surface area contributed by atoms with Gasteiger partial charge in [-0.05, 0) is 56.3 Å². The Morgan fingerprint density at radius 2 is 1.95 bits per heavy atom. The molecule has 1 saturated carbocycles. The SMILES string of the molecule is CN(CC(=O)NC1CC1)CC(=O)c1ccc2c(c1)CCC2. The highest BCUT2D eigenvalue weighted by Gasteiger charge is 2.24. The van der Waals surface area contributed by atoms with Crippen molar-refractivity contribution in [2.75, 3.05) is 20.1 Å². The normalized spacial score (nSPS) is 16.9. The van der Waals surface area contributed by atoms with Gasteiger partial charge in [-0.1, -0.05) is 12.1 Å². The van der Waals surface area contributed by atoms with Crippen molar-refractivity contribution in [2.45, 2.75) is 38.1 Å². The summed E-state index contributed by atoms with van der Waals surface area (Å²) < 4.78 is 0. The first-order valence-corrected chi connectivity index (χ1v) is 7.75. The molecular weight excluding hydrogens is 264 g/mol. The summed E-state index contributed by atoms with van der Waals surface area (Å²) in [5.74, 6) is 0.105. The van der Waals surface area contributed by atoms with Gasteiger partial charge >= 0.3 is 0 Å². The third-order valence-electron chi connectivity index (χ3n) is 4.19. The summed E-state index contributed by atoms with van der Waals surface area (Å²) in [6, 6.07) is 6.40. The van der Waals surface area contributed by atoms with E-state index in [2.05, 4.69) is 11.4 Å². The fourth-order valence-electron chi connectivity index (χ4n) is 2.88. The molecule has 0 spiro atoms. The van der Waals surface area contributed by atoms with Gasteiger partial charge in [0, 0.05) is 11.6 Å². The molecule has 0 unspecified atom stereocenters. The smallest absolute Gasteiger partial charge is 0.234 e. The van der Waals surface area contributed by atoms with E-state index >= 15 is 0 Å². The molecule has 0 heterocycles. The van der Waals surface area contributed by atoms with E-state index in [1.54, 1.807) is 4.90 Å². The molecule has 21 heavy (non-hydrogen) atoms. The van der Waals surface area contributed by atoms with E-state index in [1.807, 2.05) is 19.2 Å². The molecule has 0 radical (unpaired) electrons. The third-order valence-corrected chi connectivity index (χ3v) is 4.19. The number of nitrogens with zero attached hydrogens (tertiary/aromatic N) is 1. The number of amides is 1. The van der Waals surface area contributed by atoms with Gasteiger partial charge in [-0.25, -0.2) is 0 Å². The lowest BCUT2D eigenvalue weighted by atomic mass is 10.0. The second-order valence-corrected chi connectivity index (χ2v) is 6.27. The van der Waals surface area contributed by atoms with Gasteiger partial charge in [0.25, 0.3) is 0 Å². The van der Waals surface area contributed by atoms with Crippen LogP contribution in [0.5, 0.6) is 0 Å². The highest BCUT2D eigenvalue weighted by atomic mass is 16.2. The zero-order chi connectivity index (χ0) is 14.8. The molecular formula is C17H22N2O2. The number of carbonyl (C=O) groups excluding carboxylic acids is 2. The zero-order valence-electron chi connectivity index (χ0n) is 12.5. The molecule has 4 nitrogen and oxygen atoms in total. The summed E-state index contributed by atoms with van der Waals surface area (Å²) in [4.78, 5) is 25.8. The van der Waals surface area contributed by atoms with E-state index in [4.69, 9.17) is 0 Å². The minimum absolute atomic E-state index is 0.0155. The van der Waals surface area contributed by atoms with Crippen LogP contribution in [0.25, 0.3) is 0 Å². The average molecular weight is 286 g/mol. The molecule has 1 N–H and O–H groups in total. The summed E-state index contributed by atoms with van der Waals surface area (Å²) in [5.41, 5.74) is 3.46. The van der Waals surface area contributed by atoms with Crippen molar-refractivity contribution >= 4 is 11.7 Å². The van der Waals surface area contributed by atoms with Crippen molar-refractivity contribution in [1.29, 1.82) is 0 Å². The Balaban J connectivity index is 1.53. The maximum atomic E-state index is 12.3. The second kappa shape index (κ2) is 5.98. The van der Waals surface area contributed by atoms with Gasteiger partial charge in [-0.2, -0.15) is 0 Å². The molecule has 3 rings (SSSR count). The largest absolute Gasteiger partial charge is 0.352 e. The number of likely N-dealkylation sites (N-methyl/N-ethyl adjacent to an activating group) is 1. The van der Waals surface area contributed by atoms with Crippen LogP contribution >= 0.6 is 0 Å². The Morgan fingerprint density at radius 3 is 2.71 bits per heavy atom. The number of carbonyl (C=O) groups is 2. The summed E-state index contributed by atoms with van der Waals surface area (Å²) >= 11 is 0. The van der Waals surface area contributed by atoms with Crippen LogP contribution in [0, 0.1) is 0 Å². The van der Waals surface area contributed by atoms with Gasteiger partial charge < -0.3 is 5.32 Å². The van der Waals surface area contributed by atoms with E-state index in [0.717, 1.165) is 31.2 Å². The lowest BCUT2D eigenvalue weighted by Gasteiger charge is -2.15. The molecule has 0 saturated heterocycles. The molecule has 0 aliphatic heterocycles. The standard InChI is InChI=1S/C17H22N2O2/c1-19(11-17(21)18-15-7-8-15)10-16(20)14-6-5-12-3-2-4-13(12)9-14/h5-6,9,15H,2-4,7-8,10-11H2,1H3,(H,18,21). The Hall–Kier alpha value is -1.68. The van der Waals surface area contributed by atoms with Crippen molar-refractivity contribution in [3.05, 3.63) is 34.9 Å². The highest BCUT2D eigenvalue weighted by Crippen LogP contribution is 2.23. The first-order valence-electron chi connectivity index (χ1n) is 7.75. The van der Waals surface area contributed by atoms with Crippen LogP contribution in [0.3, 0.4) is 0 Å². The van der Waals surface area contributed by atoms with Crippen LogP contribution in [0.2, 0.25) is 0 Å². The topological polar surface area (TPSA) is 49.4 Å². The quantitative estimate of drug-likeness (QED) is 0.808. The number of aryl methyl sites for hydroxylation is 2. The Labute approximate surface area is 125 Å². The Morgan fingerprint density at radius 1 is 1.19 bits per heavy atom. The number of ketones is 1. The molecule has 0 atom stereocenters. The first kappa shape index (κ1) is 14.3. The van der Waals surface area contributed by atoms with Gasteiger partial charge in [0.1, 0.15) is 0 Å². The number of fused-ring (bicyclic) bond motifs is 1. The van der Waals surface area contributed by atoms with Crippen molar-refractivity contribution in [2.24, 2.45) is 0 Å². The Kier molecular flexibility index (Phi) is 4.06. The molecule has 0 aromatic heterocycles. The van der Waals surface area contributed by atoms with E-state index < -0.39 is 0 Å². The first-order chi connectivity index (χ1) is 10.1. The van der Waals surface area contributed by atoms with Crippen molar-refractivity contribution in [3.63, 3.8) is 0 Å². The van der Waals surface area contributed by atoms with Gasteiger partial charge in [0.15, 0.2) is 5.78 Å². The minimum Gasteiger partial charge on any atom is -0.352 e. The number of hydrogen-bond donors (Lipinski definition) is 1. The molecule has 1 fully saturated rings. The summed E-state index contributed by atoms with van der Waals surface area (Å²) in [5, 5.41) is 2.94. The molecule has 1 amide bonds. The molecule has 2 aliphatic rings. The van der Waals surface area contributed by atoms with Crippen LogP contribution in [0.4, 0.5) is 0 Å². The minimum atomic E-state index is 0.0155. The van der Waals surface area contributed by atoms with Crippen LogP contribution in [-0.4, -0.2) is 42.8 Å². The second-order valence-electron chi connectivity index (χ2n) is 6.27. The van der Waals surface area contributed by atoms with E-state index in [-0.39, 0.29) is 24.8 Å². The molecule has 112 valence electrons.